The molecule has 7 heteroatoms. The number of nitrogens with zero attached hydrogens (tertiary/aromatic N) is 2. The number of rotatable bonds is 7. The van der Waals surface area contributed by atoms with Crippen molar-refractivity contribution in [2.45, 2.75) is 37.5 Å². The third-order valence-corrected chi connectivity index (χ3v) is 6.75. The van der Waals surface area contributed by atoms with Gasteiger partial charge < -0.3 is 15.4 Å². The van der Waals surface area contributed by atoms with E-state index >= 15 is 0 Å². The number of fused-ring (bicyclic) bond motifs is 1. The summed E-state index contributed by atoms with van der Waals surface area (Å²) < 4.78 is 0. The number of carbonyl (C=O) groups is 1. The largest absolute Gasteiger partial charge is 0.396 e. The number of H-pyrrole nitrogens is 1. The molecule has 168 valence electrons. The van der Waals surface area contributed by atoms with Crippen LogP contribution in [0, 0.1) is 0 Å². The number of hydrogen-bond donors (Lipinski definition) is 3. The Kier molecular flexibility index (Phi) is 5.87. The lowest BCUT2D eigenvalue weighted by atomic mass is 9.64. The molecule has 4 aromatic rings. The van der Waals surface area contributed by atoms with Crippen molar-refractivity contribution in [3.05, 3.63) is 88.3 Å². The average Bonchev–Trinajstić information content (AvgIpc) is 3.23. The monoisotopic (exact) mass is 460 g/mol. The standard InChI is InChI=1S/C26H25ClN4O2/c27-20-8-1-6-18(15-20)24(33)30-22-11-10-19(16-28-22)26(12-4-13-26)25-29-21-9-2-5-17(7-3-14-32)23(21)31-25/h1-2,5-6,8-11,15-16,32H,3-4,7,12-14H2,(H,29,31)(H,28,30,33). The van der Waals surface area contributed by atoms with Crippen LogP contribution < -0.4 is 5.32 Å². The first-order chi connectivity index (χ1) is 16.1. The second-order valence-corrected chi connectivity index (χ2v) is 8.99. The van der Waals surface area contributed by atoms with Gasteiger partial charge in [-0.05, 0) is 67.1 Å². The van der Waals surface area contributed by atoms with Gasteiger partial charge in [-0.15, -0.1) is 0 Å². The lowest BCUT2D eigenvalue weighted by Gasteiger charge is -2.40. The SMILES string of the molecule is O=C(Nc1ccc(C2(c3nc4cccc(CCCO)c4[nH]3)CCC2)cn1)c1cccc(Cl)c1. The van der Waals surface area contributed by atoms with Gasteiger partial charge in [0.1, 0.15) is 11.6 Å². The van der Waals surface area contributed by atoms with E-state index in [1.165, 1.54) is 5.56 Å². The molecule has 1 fully saturated rings. The van der Waals surface area contributed by atoms with Crippen LogP contribution in [-0.4, -0.2) is 32.6 Å². The van der Waals surface area contributed by atoms with Crippen molar-refractivity contribution in [2.75, 3.05) is 11.9 Å². The van der Waals surface area contributed by atoms with E-state index in [2.05, 4.69) is 21.4 Å². The number of carbonyl (C=O) groups excluding carboxylic acids is 1. The molecule has 0 atom stereocenters. The van der Waals surface area contributed by atoms with E-state index in [9.17, 15) is 9.90 Å². The fourth-order valence-electron chi connectivity index (χ4n) is 4.56. The van der Waals surface area contributed by atoms with Crippen molar-refractivity contribution >= 4 is 34.4 Å². The third-order valence-electron chi connectivity index (χ3n) is 6.51. The molecule has 2 aromatic carbocycles. The zero-order valence-corrected chi connectivity index (χ0v) is 18.9. The number of pyridine rings is 1. The molecule has 6 nitrogen and oxygen atoms in total. The van der Waals surface area contributed by atoms with E-state index in [0.29, 0.717) is 16.4 Å². The molecule has 1 aliphatic carbocycles. The van der Waals surface area contributed by atoms with Gasteiger partial charge in [-0.25, -0.2) is 9.97 Å². The normalized spacial score (nSPS) is 14.7. The number of imidazole rings is 1. The number of aromatic nitrogens is 3. The molecule has 0 saturated heterocycles. The minimum absolute atomic E-state index is 0.174. The van der Waals surface area contributed by atoms with Gasteiger partial charge in [0, 0.05) is 23.4 Å². The molecule has 0 radical (unpaired) electrons. The number of aryl methyl sites for hydroxylation is 1. The first-order valence-electron chi connectivity index (χ1n) is 11.2. The number of para-hydroxylation sites is 1. The van der Waals surface area contributed by atoms with E-state index in [4.69, 9.17) is 16.6 Å². The molecule has 0 unspecified atom stereocenters. The van der Waals surface area contributed by atoms with Gasteiger partial charge in [0.15, 0.2) is 0 Å². The van der Waals surface area contributed by atoms with E-state index in [1.807, 2.05) is 30.5 Å². The molecule has 0 spiro atoms. The van der Waals surface area contributed by atoms with Gasteiger partial charge in [0.2, 0.25) is 0 Å². The summed E-state index contributed by atoms with van der Waals surface area (Å²) in [6.07, 6.45) is 6.49. The van der Waals surface area contributed by atoms with Crippen LogP contribution >= 0.6 is 11.6 Å². The summed E-state index contributed by atoms with van der Waals surface area (Å²) in [6.45, 7) is 0.174. The lowest BCUT2D eigenvalue weighted by molar-refractivity contribution is 0.102. The highest BCUT2D eigenvalue weighted by Crippen LogP contribution is 2.48. The number of aliphatic hydroxyl groups is 1. The maximum absolute atomic E-state index is 12.5. The number of amides is 1. The fourth-order valence-corrected chi connectivity index (χ4v) is 4.75. The van der Waals surface area contributed by atoms with Gasteiger partial charge in [-0.2, -0.15) is 0 Å². The minimum Gasteiger partial charge on any atom is -0.396 e. The Bertz CT molecular complexity index is 1300. The van der Waals surface area contributed by atoms with Crippen LogP contribution in [-0.2, 0) is 11.8 Å². The second-order valence-electron chi connectivity index (χ2n) is 8.56. The van der Waals surface area contributed by atoms with Crippen molar-refractivity contribution in [2.24, 2.45) is 0 Å². The lowest BCUT2D eigenvalue weighted by Crippen LogP contribution is -2.36. The zero-order chi connectivity index (χ0) is 22.8. The maximum atomic E-state index is 12.5. The topological polar surface area (TPSA) is 90.9 Å². The first kappa shape index (κ1) is 21.6. The molecule has 33 heavy (non-hydrogen) atoms. The zero-order valence-electron chi connectivity index (χ0n) is 18.1. The summed E-state index contributed by atoms with van der Waals surface area (Å²) in [5.41, 5.74) is 4.55. The van der Waals surface area contributed by atoms with Crippen molar-refractivity contribution < 1.29 is 9.90 Å². The molecule has 1 saturated carbocycles. The maximum Gasteiger partial charge on any atom is 0.256 e. The highest BCUT2D eigenvalue weighted by molar-refractivity contribution is 6.31. The predicted molar refractivity (Wildman–Crippen MR) is 130 cm³/mol. The molecule has 2 aromatic heterocycles. The van der Waals surface area contributed by atoms with E-state index < -0.39 is 0 Å². The Hall–Kier alpha value is -3.22. The van der Waals surface area contributed by atoms with Crippen LogP contribution in [0.1, 0.15) is 53.0 Å². The number of aliphatic hydroxyl groups excluding tert-OH is 1. The smallest absolute Gasteiger partial charge is 0.256 e. The molecule has 1 amide bonds. The molecular weight excluding hydrogens is 436 g/mol. The van der Waals surface area contributed by atoms with Crippen LogP contribution in [0.3, 0.4) is 0 Å². The molecular formula is C26H25ClN4O2. The van der Waals surface area contributed by atoms with Gasteiger partial charge >= 0.3 is 0 Å². The van der Waals surface area contributed by atoms with Crippen molar-refractivity contribution in [3.8, 4) is 0 Å². The number of benzene rings is 2. The molecule has 5 rings (SSSR count). The van der Waals surface area contributed by atoms with Crippen LogP contribution in [0.5, 0.6) is 0 Å². The summed E-state index contributed by atoms with van der Waals surface area (Å²) in [6, 6.07) is 16.8. The van der Waals surface area contributed by atoms with Crippen LogP contribution in [0.25, 0.3) is 11.0 Å². The van der Waals surface area contributed by atoms with Crippen molar-refractivity contribution in [3.63, 3.8) is 0 Å². The Morgan fingerprint density at radius 1 is 1.15 bits per heavy atom. The summed E-state index contributed by atoms with van der Waals surface area (Å²) in [4.78, 5) is 25.5. The van der Waals surface area contributed by atoms with Gasteiger partial charge in [-0.3, -0.25) is 4.79 Å². The Morgan fingerprint density at radius 3 is 2.70 bits per heavy atom. The Morgan fingerprint density at radius 2 is 2.00 bits per heavy atom. The third kappa shape index (κ3) is 4.12. The van der Waals surface area contributed by atoms with E-state index in [1.54, 1.807) is 24.3 Å². The summed E-state index contributed by atoms with van der Waals surface area (Å²) in [7, 11) is 0. The number of anilines is 1. The average molecular weight is 461 g/mol. The number of nitrogens with one attached hydrogen (secondary N) is 2. The predicted octanol–water partition coefficient (Wildman–Crippen LogP) is 5.26. The van der Waals surface area contributed by atoms with E-state index in [-0.39, 0.29) is 17.9 Å². The Labute approximate surface area is 197 Å². The van der Waals surface area contributed by atoms with Gasteiger partial charge in [0.05, 0.1) is 16.4 Å². The summed E-state index contributed by atoms with van der Waals surface area (Å²) in [5, 5.41) is 12.6. The van der Waals surface area contributed by atoms with Crippen LogP contribution in [0.15, 0.2) is 60.8 Å². The quantitative estimate of drug-likeness (QED) is 0.351. The highest BCUT2D eigenvalue weighted by atomic mass is 35.5. The molecule has 0 bridgehead atoms. The van der Waals surface area contributed by atoms with E-state index in [0.717, 1.165) is 54.5 Å². The van der Waals surface area contributed by atoms with Crippen molar-refractivity contribution in [1.29, 1.82) is 0 Å². The highest BCUT2D eigenvalue weighted by Gasteiger charge is 2.43. The van der Waals surface area contributed by atoms with Gasteiger partial charge in [0.25, 0.3) is 5.91 Å². The van der Waals surface area contributed by atoms with Crippen molar-refractivity contribution in [1.82, 2.24) is 15.0 Å². The Balaban J connectivity index is 1.40. The number of hydrogen-bond acceptors (Lipinski definition) is 4. The van der Waals surface area contributed by atoms with Gasteiger partial charge in [-0.1, -0.05) is 42.3 Å². The first-order valence-corrected chi connectivity index (χ1v) is 11.6. The molecule has 0 aliphatic heterocycles. The fraction of sp³-hybridized carbons (Fsp3) is 0.269. The number of aromatic amines is 1. The van der Waals surface area contributed by atoms with Crippen LogP contribution in [0.4, 0.5) is 5.82 Å². The molecule has 2 heterocycles. The number of halogens is 1. The molecule has 3 N–H and O–H groups in total. The minimum atomic E-state index is -0.246. The summed E-state index contributed by atoms with van der Waals surface area (Å²) in [5.74, 6) is 1.20. The second kappa shape index (κ2) is 8.96. The van der Waals surface area contributed by atoms with Crippen LogP contribution in [0.2, 0.25) is 5.02 Å². The molecule has 1 aliphatic rings. The summed E-state index contributed by atoms with van der Waals surface area (Å²) >= 11 is 5.99.